The van der Waals surface area contributed by atoms with Crippen LogP contribution in [0.5, 0.6) is 0 Å². The predicted molar refractivity (Wildman–Crippen MR) is 125 cm³/mol. The molecule has 39 heavy (non-hydrogen) atoms. The van der Waals surface area contributed by atoms with E-state index in [2.05, 4.69) is 20.9 Å². The van der Waals surface area contributed by atoms with Gasteiger partial charge in [-0.15, -0.1) is 0 Å². The van der Waals surface area contributed by atoms with Gasteiger partial charge in [0.05, 0.1) is 25.4 Å². The first-order valence-electron chi connectivity index (χ1n) is 12.5. The minimum absolute atomic E-state index is 0.290. The predicted octanol–water partition coefficient (Wildman–Crippen LogP) is 3.58. The molecule has 3 aliphatic rings. The van der Waals surface area contributed by atoms with Crippen molar-refractivity contribution in [2.24, 2.45) is 0 Å². The van der Waals surface area contributed by atoms with Crippen molar-refractivity contribution in [3.63, 3.8) is 0 Å². The summed E-state index contributed by atoms with van der Waals surface area (Å²) in [5, 5.41) is 14.2. The Labute approximate surface area is 221 Å². The van der Waals surface area contributed by atoms with Crippen molar-refractivity contribution in [1.82, 2.24) is 14.8 Å². The number of aromatic nitrogens is 1. The first-order chi connectivity index (χ1) is 18.3. The molecule has 0 saturated carbocycles. The molecule has 4 rings (SSSR count). The highest BCUT2D eigenvalue weighted by Crippen LogP contribution is 2.32. The number of likely N-dealkylation sites (tertiary alicyclic amines) is 2. The van der Waals surface area contributed by atoms with Gasteiger partial charge >= 0.3 is 24.3 Å². The van der Waals surface area contributed by atoms with Crippen LogP contribution in [0.25, 0.3) is 0 Å². The average molecular weight is 574 g/mol. The Morgan fingerprint density at radius 2 is 1.62 bits per heavy atom. The van der Waals surface area contributed by atoms with Crippen LogP contribution in [-0.2, 0) is 25.6 Å². The third kappa shape index (κ3) is 12.1. The van der Waals surface area contributed by atoms with Crippen molar-refractivity contribution in [2.75, 3.05) is 39.4 Å². The van der Waals surface area contributed by atoms with Crippen LogP contribution in [-0.4, -0.2) is 107 Å². The highest BCUT2D eigenvalue weighted by Gasteiger charge is 2.40. The lowest BCUT2D eigenvalue weighted by molar-refractivity contribution is -0.193. The minimum atomic E-state index is -5.08. The van der Waals surface area contributed by atoms with Crippen molar-refractivity contribution in [2.45, 2.75) is 69.3 Å². The number of rotatable bonds is 7. The fraction of sp³-hybridized carbons (Fsp3) is 0.708. The van der Waals surface area contributed by atoms with Crippen molar-refractivity contribution in [3.05, 3.63) is 30.1 Å². The lowest BCUT2D eigenvalue weighted by Gasteiger charge is -2.36. The number of ether oxygens (including phenoxy) is 2. The molecular formula is C24H33F6N3O6. The van der Waals surface area contributed by atoms with Gasteiger partial charge in [0, 0.05) is 38.1 Å². The average Bonchev–Trinajstić information content (AvgIpc) is 3.52. The monoisotopic (exact) mass is 573 g/mol. The van der Waals surface area contributed by atoms with Gasteiger partial charge in [0.15, 0.2) is 0 Å². The van der Waals surface area contributed by atoms with Crippen LogP contribution in [0.1, 0.15) is 37.7 Å². The van der Waals surface area contributed by atoms with Crippen molar-refractivity contribution in [1.29, 1.82) is 0 Å². The molecule has 0 unspecified atom stereocenters. The molecule has 0 bridgehead atoms. The van der Waals surface area contributed by atoms with E-state index < -0.39 is 24.3 Å². The number of carboxylic acid groups (broad SMARTS) is 2. The number of nitrogens with zero attached hydrogens (tertiary/aromatic N) is 3. The maximum Gasteiger partial charge on any atom is 0.490 e. The molecule has 222 valence electrons. The van der Waals surface area contributed by atoms with Crippen LogP contribution in [0.4, 0.5) is 26.3 Å². The zero-order valence-electron chi connectivity index (χ0n) is 21.2. The van der Waals surface area contributed by atoms with Gasteiger partial charge in [-0.3, -0.25) is 9.88 Å². The third-order valence-electron chi connectivity index (χ3n) is 6.40. The highest BCUT2D eigenvalue weighted by atomic mass is 19.4. The number of halogens is 6. The van der Waals surface area contributed by atoms with E-state index in [-0.39, 0.29) is 6.10 Å². The van der Waals surface area contributed by atoms with Crippen LogP contribution in [0.15, 0.2) is 24.5 Å². The van der Waals surface area contributed by atoms with Gasteiger partial charge in [0.2, 0.25) is 0 Å². The van der Waals surface area contributed by atoms with Gasteiger partial charge in [0.1, 0.15) is 0 Å². The molecule has 3 aliphatic heterocycles. The molecule has 0 aliphatic carbocycles. The molecule has 9 nitrogen and oxygen atoms in total. The molecule has 0 radical (unpaired) electrons. The number of aliphatic carboxylic acids is 2. The fourth-order valence-electron chi connectivity index (χ4n) is 4.55. The van der Waals surface area contributed by atoms with Crippen LogP contribution < -0.4 is 0 Å². The maximum atomic E-state index is 10.6. The molecule has 0 spiro atoms. The van der Waals surface area contributed by atoms with Crippen LogP contribution >= 0.6 is 0 Å². The number of fused-ring (bicyclic) bond motifs is 1. The summed E-state index contributed by atoms with van der Waals surface area (Å²) < 4.78 is 75.7. The molecule has 15 heteroatoms. The van der Waals surface area contributed by atoms with Gasteiger partial charge in [-0.05, 0) is 56.8 Å². The number of carbonyl (C=O) groups is 2. The van der Waals surface area contributed by atoms with E-state index in [0.717, 1.165) is 45.7 Å². The molecule has 4 heterocycles. The number of hydrogen-bond donors (Lipinski definition) is 2. The minimum Gasteiger partial charge on any atom is -0.475 e. The molecule has 0 aromatic carbocycles. The molecule has 1 aromatic rings. The van der Waals surface area contributed by atoms with Gasteiger partial charge in [-0.1, -0.05) is 6.07 Å². The Morgan fingerprint density at radius 3 is 2.15 bits per heavy atom. The smallest absolute Gasteiger partial charge is 0.475 e. The SMILES string of the molecule is O=C(O)C(F)(F)F.O=C(O)C(F)(F)F.c1cncc(CN2CC[C@@H]3O[C@H](COCCN4CCCC4)CC[C@@H]32)c1. The number of alkyl halides is 6. The van der Waals surface area contributed by atoms with E-state index in [1.165, 1.54) is 37.9 Å². The summed E-state index contributed by atoms with van der Waals surface area (Å²) in [5.74, 6) is -5.51. The maximum absolute atomic E-state index is 10.6. The van der Waals surface area contributed by atoms with E-state index in [1.54, 1.807) is 0 Å². The first kappa shape index (κ1) is 32.7. The Morgan fingerprint density at radius 1 is 1.00 bits per heavy atom. The summed E-state index contributed by atoms with van der Waals surface area (Å²) >= 11 is 0. The quantitative estimate of drug-likeness (QED) is 0.373. The standard InChI is InChI=1S/C20H31N3O2.2C2HF3O2/c1-2-10-22(9-1)12-13-24-16-18-5-6-19-20(25-18)7-11-23(19)15-17-4-3-8-21-14-17;2*3-2(4,5)1(6)7/h3-4,8,14,18-20H,1-2,5-7,9-13,15-16H2;2*(H,6,7)/t18-,19-,20-;;/m0../s1. The summed E-state index contributed by atoms with van der Waals surface area (Å²) in [4.78, 5) is 27.1. The van der Waals surface area contributed by atoms with Gasteiger partial charge < -0.3 is 24.6 Å². The zero-order valence-corrected chi connectivity index (χ0v) is 21.2. The topological polar surface area (TPSA) is 112 Å². The van der Waals surface area contributed by atoms with E-state index in [0.29, 0.717) is 12.1 Å². The molecule has 3 fully saturated rings. The van der Waals surface area contributed by atoms with E-state index >= 15 is 0 Å². The van der Waals surface area contributed by atoms with E-state index in [9.17, 15) is 26.3 Å². The van der Waals surface area contributed by atoms with E-state index in [1.807, 2.05) is 18.5 Å². The lowest BCUT2D eigenvalue weighted by Crippen LogP contribution is -2.43. The summed E-state index contributed by atoms with van der Waals surface area (Å²) in [7, 11) is 0. The van der Waals surface area contributed by atoms with Crippen LogP contribution in [0, 0.1) is 0 Å². The lowest BCUT2D eigenvalue weighted by atomic mass is 9.99. The summed E-state index contributed by atoms with van der Waals surface area (Å²) in [6, 6.07) is 4.76. The summed E-state index contributed by atoms with van der Waals surface area (Å²) in [5.41, 5.74) is 1.30. The van der Waals surface area contributed by atoms with E-state index in [4.69, 9.17) is 29.3 Å². The van der Waals surface area contributed by atoms with Crippen molar-refractivity contribution in [3.8, 4) is 0 Å². The fourth-order valence-corrected chi connectivity index (χ4v) is 4.55. The second-order valence-corrected chi connectivity index (χ2v) is 9.29. The number of hydrogen-bond acceptors (Lipinski definition) is 7. The molecule has 2 N–H and O–H groups in total. The molecule has 3 saturated heterocycles. The summed E-state index contributed by atoms with van der Waals surface area (Å²) in [6.45, 7) is 7.32. The van der Waals surface area contributed by atoms with Crippen molar-refractivity contribution >= 4 is 11.9 Å². The zero-order chi connectivity index (χ0) is 29.1. The highest BCUT2D eigenvalue weighted by molar-refractivity contribution is 5.73. The Bertz CT molecular complexity index is 859. The first-order valence-corrected chi connectivity index (χ1v) is 12.5. The second kappa shape index (κ2) is 15.3. The van der Waals surface area contributed by atoms with Crippen LogP contribution in [0.2, 0.25) is 0 Å². The molecular weight excluding hydrogens is 540 g/mol. The molecule has 1 aromatic heterocycles. The van der Waals surface area contributed by atoms with Crippen LogP contribution in [0.3, 0.4) is 0 Å². The number of carboxylic acids is 2. The van der Waals surface area contributed by atoms with Gasteiger partial charge in [-0.2, -0.15) is 26.3 Å². The van der Waals surface area contributed by atoms with Crippen molar-refractivity contribution < 1.29 is 55.6 Å². The Balaban J connectivity index is 0.000000317. The summed E-state index contributed by atoms with van der Waals surface area (Å²) in [6.07, 6.45) is 0.530. The largest absolute Gasteiger partial charge is 0.490 e. The Kier molecular flexibility index (Phi) is 12.9. The van der Waals surface area contributed by atoms with Gasteiger partial charge in [0.25, 0.3) is 0 Å². The molecule has 3 atom stereocenters. The third-order valence-corrected chi connectivity index (χ3v) is 6.40. The number of pyridine rings is 1. The second-order valence-electron chi connectivity index (χ2n) is 9.29. The molecule has 0 amide bonds. The normalized spacial score (nSPS) is 23.7. The Hall–Kier alpha value is -2.49. The van der Waals surface area contributed by atoms with Gasteiger partial charge in [-0.25, -0.2) is 9.59 Å².